The summed E-state index contributed by atoms with van der Waals surface area (Å²) >= 11 is 0. The van der Waals surface area contributed by atoms with E-state index >= 15 is 0 Å². The van der Waals surface area contributed by atoms with Crippen molar-refractivity contribution in [3.63, 3.8) is 0 Å². The highest BCUT2D eigenvalue weighted by Crippen LogP contribution is 2.52. The second-order valence-corrected chi connectivity index (χ2v) is 6.53. The molecular formula is C17H22O5. The predicted molar refractivity (Wildman–Crippen MR) is 80.0 cm³/mol. The molecule has 4 unspecified atom stereocenters. The molecule has 2 aliphatic carbocycles. The van der Waals surface area contributed by atoms with Gasteiger partial charge in [-0.3, -0.25) is 9.59 Å². The summed E-state index contributed by atoms with van der Waals surface area (Å²) in [4.78, 5) is 34.8. The third-order valence-electron chi connectivity index (χ3n) is 5.24. The van der Waals surface area contributed by atoms with Crippen LogP contribution in [-0.4, -0.2) is 28.9 Å². The first-order valence-corrected chi connectivity index (χ1v) is 7.51. The molecule has 5 nitrogen and oxygen atoms in total. The van der Waals surface area contributed by atoms with Gasteiger partial charge in [-0.15, -0.1) is 0 Å². The number of ether oxygens (including phenoxy) is 1. The SMILES string of the molecule is C=C(C(=O)O)C1CCC2=CC(OC(C)=O)C(=O)C(C)C2(C)C1. The molecule has 0 aromatic rings. The molecule has 0 radical (unpaired) electrons. The fourth-order valence-electron chi connectivity index (χ4n) is 3.66. The number of Topliss-reactive ketones (excluding diaryl/α,β-unsaturated/α-hetero) is 1. The number of carboxylic acids is 1. The molecule has 0 aromatic heterocycles. The minimum Gasteiger partial charge on any atom is -0.478 e. The van der Waals surface area contributed by atoms with E-state index in [0.29, 0.717) is 19.3 Å². The Labute approximate surface area is 130 Å². The zero-order valence-electron chi connectivity index (χ0n) is 13.2. The van der Waals surface area contributed by atoms with Crippen molar-refractivity contribution in [1.29, 1.82) is 0 Å². The van der Waals surface area contributed by atoms with Crippen molar-refractivity contribution in [1.82, 2.24) is 0 Å². The lowest BCUT2D eigenvalue weighted by Crippen LogP contribution is -2.47. The number of allylic oxidation sites excluding steroid dienone is 1. The van der Waals surface area contributed by atoms with Gasteiger partial charge in [-0.25, -0.2) is 4.79 Å². The van der Waals surface area contributed by atoms with Gasteiger partial charge in [0.05, 0.1) is 0 Å². The quantitative estimate of drug-likeness (QED) is 0.492. The molecule has 22 heavy (non-hydrogen) atoms. The number of carbonyl (C=O) groups is 3. The number of rotatable bonds is 3. The van der Waals surface area contributed by atoms with Crippen molar-refractivity contribution in [2.45, 2.75) is 46.1 Å². The number of hydrogen-bond acceptors (Lipinski definition) is 4. The summed E-state index contributed by atoms with van der Waals surface area (Å²) in [6.45, 7) is 8.79. The summed E-state index contributed by atoms with van der Waals surface area (Å²) in [6.07, 6.45) is 2.92. The number of ketones is 1. The highest BCUT2D eigenvalue weighted by molar-refractivity contribution is 5.91. The average Bonchev–Trinajstić information content (AvgIpc) is 2.44. The fraction of sp³-hybridized carbons (Fsp3) is 0.588. The number of esters is 1. The highest BCUT2D eigenvalue weighted by Gasteiger charge is 2.49. The van der Waals surface area contributed by atoms with Gasteiger partial charge in [0.2, 0.25) is 0 Å². The Morgan fingerprint density at radius 3 is 2.64 bits per heavy atom. The number of carboxylic acid groups (broad SMARTS) is 1. The molecule has 0 aromatic carbocycles. The Hall–Kier alpha value is -1.91. The van der Waals surface area contributed by atoms with Gasteiger partial charge in [0.25, 0.3) is 0 Å². The minimum atomic E-state index is -0.978. The van der Waals surface area contributed by atoms with Crippen molar-refractivity contribution < 1.29 is 24.2 Å². The molecule has 0 amide bonds. The first-order chi connectivity index (χ1) is 10.2. The molecule has 2 rings (SSSR count). The van der Waals surface area contributed by atoms with E-state index in [1.54, 1.807) is 6.08 Å². The van der Waals surface area contributed by atoms with E-state index in [1.807, 2.05) is 13.8 Å². The van der Waals surface area contributed by atoms with E-state index in [0.717, 1.165) is 5.57 Å². The van der Waals surface area contributed by atoms with Crippen molar-refractivity contribution in [3.05, 3.63) is 23.8 Å². The third-order valence-corrected chi connectivity index (χ3v) is 5.24. The van der Waals surface area contributed by atoms with Crippen LogP contribution in [0, 0.1) is 17.3 Å². The van der Waals surface area contributed by atoms with Gasteiger partial charge < -0.3 is 9.84 Å². The van der Waals surface area contributed by atoms with E-state index in [9.17, 15) is 14.4 Å². The van der Waals surface area contributed by atoms with Crippen LogP contribution < -0.4 is 0 Å². The van der Waals surface area contributed by atoms with Crippen LogP contribution in [0.5, 0.6) is 0 Å². The summed E-state index contributed by atoms with van der Waals surface area (Å²) in [6, 6.07) is 0. The van der Waals surface area contributed by atoms with Gasteiger partial charge in [-0.05, 0) is 36.7 Å². The summed E-state index contributed by atoms with van der Waals surface area (Å²) in [5, 5.41) is 9.13. The van der Waals surface area contributed by atoms with Crippen LogP contribution in [0.1, 0.15) is 40.0 Å². The minimum absolute atomic E-state index is 0.122. The molecule has 120 valence electrons. The largest absolute Gasteiger partial charge is 0.478 e. The van der Waals surface area contributed by atoms with Gasteiger partial charge in [0, 0.05) is 18.4 Å². The Balaban J connectivity index is 2.30. The van der Waals surface area contributed by atoms with Crippen molar-refractivity contribution in [2.75, 3.05) is 0 Å². The first-order valence-electron chi connectivity index (χ1n) is 7.51. The Morgan fingerprint density at radius 2 is 2.09 bits per heavy atom. The topological polar surface area (TPSA) is 80.7 Å². The molecule has 0 heterocycles. The van der Waals surface area contributed by atoms with E-state index in [1.165, 1.54) is 6.92 Å². The summed E-state index contributed by atoms with van der Waals surface area (Å²) in [7, 11) is 0. The van der Waals surface area contributed by atoms with Crippen molar-refractivity contribution in [3.8, 4) is 0 Å². The molecule has 0 bridgehead atoms. The van der Waals surface area contributed by atoms with E-state index in [-0.39, 0.29) is 23.2 Å². The first kappa shape index (κ1) is 16.5. The van der Waals surface area contributed by atoms with Gasteiger partial charge in [0.1, 0.15) is 0 Å². The average molecular weight is 306 g/mol. The molecule has 1 N–H and O–H groups in total. The maximum absolute atomic E-state index is 12.5. The highest BCUT2D eigenvalue weighted by atomic mass is 16.5. The Kier molecular flexibility index (Phi) is 4.27. The number of fused-ring (bicyclic) bond motifs is 1. The van der Waals surface area contributed by atoms with E-state index < -0.39 is 23.5 Å². The lowest BCUT2D eigenvalue weighted by Gasteiger charge is -2.47. The van der Waals surface area contributed by atoms with Gasteiger partial charge in [-0.2, -0.15) is 0 Å². The normalized spacial score (nSPS) is 34.4. The lowest BCUT2D eigenvalue weighted by molar-refractivity contribution is -0.154. The molecule has 2 aliphatic rings. The van der Waals surface area contributed by atoms with Crippen LogP contribution in [0.2, 0.25) is 0 Å². The molecule has 5 heteroatoms. The molecule has 1 fully saturated rings. The van der Waals surface area contributed by atoms with Crippen LogP contribution in [0.15, 0.2) is 23.8 Å². The second kappa shape index (κ2) is 5.71. The molecular weight excluding hydrogens is 284 g/mol. The fourth-order valence-corrected chi connectivity index (χ4v) is 3.66. The smallest absolute Gasteiger partial charge is 0.331 e. The third kappa shape index (κ3) is 2.72. The zero-order valence-corrected chi connectivity index (χ0v) is 13.2. The van der Waals surface area contributed by atoms with Gasteiger partial charge in [-0.1, -0.05) is 26.0 Å². The molecule has 0 aliphatic heterocycles. The van der Waals surface area contributed by atoms with Crippen molar-refractivity contribution >= 4 is 17.7 Å². The molecule has 0 spiro atoms. The summed E-state index contributed by atoms with van der Waals surface area (Å²) in [5.41, 5.74) is 0.900. The van der Waals surface area contributed by atoms with E-state index in [2.05, 4.69) is 6.58 Å². The van der Waals surface area contributed by atoms with Crippen LogP contribution in [-0.2, 0) is 19.1 Å². The molecule has 1 saturated carbocycles. The standard InChI is InChI=1S/C17H22O5/c1-9(16(20)21)12-5-6-13-7-14(22-11(3)18)15(19)10(2)17(13,4)8-12/h7,10,12,14H,1,5-6,8H2,2-4H3,(H,20,21). The number of carbonyl (C=O) groups excluding carboxylic acids is 2. The van der Waals surface area contributed by atoms with Gasteiger partial charge >= 0.3 is 11.9 Å². The second-order valence-electron chi connectivity index (χ2n) is 6.53. The summed E-state index contributed by atoms with van der Waals surface area (Å²) < 4.78 is 5.10. The predicted octanol–water partition coefficient (Wildman–Crippen LogP) is 2.51. The van der Waals surface area contributed by atoms with Crippen molar-refractivity contribution in [2.24, 2.45) is 17.3 Å². The Morgan fingerprint density at radius 1 is 1.45 bits per heavy atom. The zero-order chi connectivity index (χ0) is 16.7. The maximum atomic E-state index is 12.5. The van der Waals surface area contributed by atoms with Crippen LogP contribution in [0.4, 0.5) is 0 Å². The number of hydrogen-bond donors (Lipinski definition) is 1. The van der Waals surface area contributed by atoms with Crippen LogP contribution in [0.3, 0.4) is 0 Å². The lowest BCUT2D eigenvalue weighted by atomic mass is 9.57. The number of aliphatic carboxylic acids is 1. The van der Waals surface area contributed by atoms with E-state index in [4.69, 9.17) is 9.84 Å². The Bertz CT molecular complexity index is 574. The monoisotopic (exact) mass is 306 g/mol. The van der Waals surface area contributed by atoms with Crippen LogP contribution in [0.25, 0.3) is 0 Å². The maximum Gasteiger partial charge on any atom is 0.331 e. The molecule has 4 atom stereocenters. The molecule has 0 saturated heterocycles. The van der Waals surface area contributed by atoms with Crippen LogP contribution >= 0.6 is 0 Å². The summed E-state index contributed by atoms with van der Waals surface area (Å²) in [5.74, 6) is -2.02. The van der Waals surface area contributed by atoms with Gasteiger partial charge in [0.15, 0.2) is 11.9 Å².